The van der Waals surface area contributed by atoms with Crippen molar-refractivity contribution in [2.75, 3.05) is 33.2 Å². The van der Waals surface area contributed by atoms with Gasteiger partial charge in [-0.1, -0.05) is 44.2 Å². The summed E-state index contributed by atoms with van der Waals surface area (Å²) in [4.78, 5) is 37.4. The minimum atomic E-state index is -0.704. The molecule has 1 aromatic heterocycles. The molecule has 1 aromatic carbocycles. The van der Waals surface area contributed by atoms with Gasteiger partial charge in [0.2, 0.25) is 0 Å². The van der Waals surface area contributed by atoms with Gasteiger partial charge in [-0.15, -0.1) is 0 Å². The van der Waals surface area contributed by atoms with Gasteiger partial charge < -0.3 is 30.3 Å². The van der Waals surface area contributed by atoms with E-state index >= 15 is 0 Å². The first kappa shape index (κ1) is 32.9. The highest BCUT2D eigenvalue weighted by atomic mass is 35.5. The van der Waals surface area contributed by atoms with E-state index in [1.54, 1.807) is 17.3 Å². The van der Waals surface area contributed by atoms with Gasteiger partial charge in [-0.3, -0.25) is 9.88 Å². The molecule has 0 spiro atoms. The van der Waals surface area contributed by atoms with Crippen molar-refractivity contribution in [2.45, 2.75) is 69.7 Å². The van der Waals surface area contributed by atoms with Crippen LogP contribution in [-0.2, 0) is 9.47 Å². The van der Waals surface area contributed by atoms with Crippen molar-refractivity contribution >= 4 is 35.4 Å². The number of piperazine rings is 1. The summed E-state index contributed by atoms with van der Waals surface area (Å²) < 4.78 is 11.8. The molecular weight excluding hydrogens is 616 g/mol. The summed E-state index contributed by atoms with van der Waals surface area (Å²) in [6, 6.07) is 8.84. The molecule has 2 amide bonds. The molecule has 4 aliphatic rings. The number of rotatable bonds is 9. The predicted molar refractivity (Wildman–Crippen MR) is 183 cm³/mol. The summed E-state index contributed by atoms with van der Waals surface area (Å²) in [5.74, 6) is 0.296. The molecule has 2 aromatic rings. The number of fused-ring (bicyclic) bond motifs is 2. The molecule has 11 heteroatoms. The Balaban J connectivity index is 1.36. The smallest absolute Gasteiger partial charge is 0.410 e. The van der Waals surface area contributed by atoms with Crippen LogP contribution in [0.2, 0.25) is 5.02 Å². The first-order chi connectivity index (χ1) is 22.5. The molecule has 1 aliphatic heterocycles. The van der Waals surface area contributed by atoms with Gasteiger partial charge >= 0.3 is 12.2 Å². The minimum absolute atomic E-state index is 0.236. The zero-order valence-corrected chi connectivity index (χ0v) is 28.4. The third-order valence-corrected chi connectivity index (χ3v) is 10.3. The highest BCUT2D eigenvalue weighted by Gasteiger charge is 2.50. The Morgan fingerprint density at radius 1 is 1.15 bits per heavy atom. The average molecular weight is 661 g/mol. The lowest BCUT2D eigenvalue weighted by molar-refractivity contribution is 0.0133. The molecule has 2 heterocycles. The molecule has 47 heavy (non-hydrogen) atoms. The Bertz CT molecular complexity index is 1610. The molecular formula is C36H45ClN6O4. The van der Waals surface area contributed by atoms with Crippen molar-refractivity contribution < 1.29 is 19.1 Å². The number of amides is 2. The number of hydrogen-bond acceptors (Lipinski definition) is 8. The Hall–Kier alpha value is -4.02. The number of aromatic nitrogens is 1. The summed E-state index contributed by atoms with van der Waals surface area (Å²) in [5, 5.41) is 3.67. The van der Waals surface area contributed by atoms with E-state index in [1.165, 1.54) is 6.20 Å². The van der Waals surface area contributed by atoms with Gasteiger partial charge in [-0.2, -0.15) is 0 Å². The van der Waals surface area contributed by atoms with Crippen LogP contribution >= 0.6 is 11.6 Å². The number of benzene rings is 1. The van der Waals surface area contributed by atoms with E-state index in [0.717, 1.165) is 53.6 Å². The number of alkyl carbamates (subject to hydrolysis) is 1. The van der Waals surface area contributed by atoms with Gasteiger partial charge in [0.1, 0.15) is 11.2 Å². The van der Waals surface area contributed by atoms with E-state index in [1.807, 2.05) is 49.2 Å². The van der Waals surface area contributed by atoms with Gasteiger partial charge in [-0.05, 0) is 91.3 Å². The maximum atomic E-state index is 13.4. The van der Waals surface area contributed by atoms with E-state index < -0.39 is 17.7 Å². The summed E-state index contributed by atoms with van der Waals surface area (Å²) in [5.41, 5.74) is 10.5. The van der Waals surface area contributed by atoms with Crippen LogP contribution < -0.4 is 11.1 Å². The number of nitrogens with zero attached hydrogens (tertiary/aromatic N) is 4. The fourth-order valence-corrected chi connectivity index (χ4v) is 6.78. The molecule has 1 saturated heterocycles. The van der Waals surface area contributed by atoms with Gasteiger partial charge in [0.15, 0.2) is 0 Å². The van der Waals surface area contributed by atoms with Gasteiger partial charge in [0, 0.05) is 50.6 Å². The number of pyridine rings is 1. The number of hydrogen-bond donors (Lipinski definition) is 2. The fourth-order valence-electron chi connectivity index (χ4n) is 6.60. The summed E-state index contributed by atoms with van der Waals surface area (Å²) in [6.07, 6.45) is 9.70. The van der Waals surface area contributed by atoms with Gasteiger partial charge in [-0.25, -0.2) is 9.59 Å². The second-order valence-electron chi connectivity index (χ2n) is 13.6. The van der Waals surface area contributed by atoms with Crippen LogP contribution in [0.25, 0.3) is 11.6 Å². The molecule has 250 valence electrons. The number of carbonyl (C=O) groups is 2. The van der Waals surface area contributed by atoms with Crippen molar-refractivity contribution in [3.63, 3.8) is 0 Å². The molecule has 0 radical (unpaired) electrons. The first-order valence-corrected chi connectivity index (χ1v) is 16.8. The Kier molecular flexibility index (Phi) is 9.02. The number of ether oxygens (including phenoxy) is 2. The Morgan fingerprint density at radius 3 is 2.49 bits per heavy atom. The second-order valence-corrected chi connectivity index (χ2v) is 14.1. The van der Waals surface area contributed by atoms with Crippen LogP contribution in [0.15, 0.2) is 61.2 Å². The predicted octanol–water partition coefficient (Wildman–Crippen LogP) is 6.14. The van der Waals surface area contributed by atoms with Crippen LogP contribution in [0.5, 0.6) is 0 Å². The van der Waals surface area contributed by atoms with Crippen LogP contribution in [0.4, 0.5) is 9.59 Å². The van der Waals surface area contributed by atoms with Crippen LogP contribution in [0, 0.1) is 5.92 Å². The number of likely N-dealkylation sites (N-methyl/N-ethyl adjacent to an activating group) is 1. The van der Waals surface area contributed by atoms with E-state index in [2.05, 4.69) is 36.7 Å². The Morgan fingerprint density at radius 2 is 1.87 bits per heavy atom. The molecule has 10 nitrogen and oxygen atoms in total. The molecule has 0 unspecified atom stereocenters. The summed E-state index contributed by atoms with van der Waals surface area (Å²) >= 11 is 6.69. The SMILES string of the molecule is C=CN(C)/C(=C\N)[C@H](NC(=O)OC1(C)CC1)C1=Cc2cccnc2[C@@H](N2CCN(C(=O)OC3(C(C)C)CC3)CC2)c2ccc(Cl)cc21. The molecule has 0 bridgehead atoms. The monoisotopic (exact) mass is 660 g/mol. The third-order valence-electron chi connectivity index (χ3n) is 10.1. The van der Waals surface area contributed by atoms with Gasteiger partial charge in [0.25, 0.3) is 0 Å². The second kappa shape index (κ2) is 12.9. The largest absolute Gasteiger partial charge is 0.443 e. The van der Waals surface area contributed by atoms with Crippen molar-refractivity contribution in [2.24, 2.45) is 11.7 Å². The van der Waals surface area contributed by atoms with Crippen molar-refractivity contribution in [1.29, 1.82) is 0 Å². The minimum Gasteiger partial charge on any atom is -0.443 e. The fraction of sp³-hybridized carbons (Fsp3) is 0.472. The third kappa shape index (κ3) is 6.71. The highest BCUT2D eigenvalue weighted by molar-refractivity contribution is 6.30. The lowest BCUT2D eigenvalue weighted by Gasteiger charge is -2.40. The molecule has 2 saturated carbocycles. The molecule has 2 atom stereocenters. The molecule has 3 fully saturated rings. The zero-order chi connectivity index (χ0) is 33.5. The maximum Gasteiger partial charge on any atom is 0.410 e. The van der Waals surface area contributed by atoms with E-state index in [9.17, 15) is 9.59 Å². The van der Waals surface area contributed by atoms with E-state index in [4.69, 9.17) is 31.8 Å². The number of halogens is 1. The number of carbonyl (C=O) groups excluding carboxylic acids is 2. The van der Waals surface area contributed by atoms with Crippen molar-refractivity contribution in [3.8, 4) is 0 Å². The van der Waals surface area contributed by atoms with E-state index in [-0.39, 0.29) is 17.7 Å². The number of nitrogens with one attached hydrogen (secondary N) is 1. The molecule has 3 aliphatic carbocycles. The lowest BCUT2D eigenvalue weighted by atomic mass is 9.89. The molecule has 3 N–H and O–H groups in total. The topological polar surface area (TPSA) is 113 Å². The summed E-state index contributed by atoms with van der Waals surface area (Å²) in [7, 11) is 1.83. The summed E-state index contributed by atoms with van der Waals surface area (Å²) in [6.45, 7) is 12.4. The average Bonchev–Trinajstić information content (AvgIpc) is 3.99. The van der Waals surface area contributed by atoms with Crippen molar-refractivity contribution in [3.05, 3.63) is 88.6 Å². The van der Waals surface area contributed by atoms with Crippen LogP contribution in [0.1, 0.15) is 74.9 Å². The normalized spacial score (nSPS) is 21.7. The molecule has 6 rings (SSSR count). The number of nitrogens with two attached hydrogens (primary N) is 1. The lowest BCUT2D eigenvalue weighted by Crippen LogP contribution is -2.51. The van der Waals surface area contributed by atoms with Crippen molar-refractivity contribution in [1.82, 2.24) is 25.0 Å². The van der Waals surface area contributed by atoms with Gasteiger partial charge in [0.05, 0.1) is 23.5 Å². The highest BCUT2D eigenvalue weighted by Crippen LogP contribution is 2.47. The first-order valence-electron chi connectivity index (χ1n) is 16.4. The van der Waals surface area contributed by atoms with Crippen LogP contribution in [-0.4, -0.2) is 82.3 Å². The zero-order valence-electron chi connectivity index (χ0n) is 27.7. The maximum absolute atomic E-state index is 13.4. The van der Waals surface area contributed by atoms with Crippen LogP contribution in [0.3, 0.4) is 0 Å². The quantitative estimate of drug-likeness (QED) is 0.330. The standard InChI is InChI=1S/C36H45ClN6O4/c1-6-41(5)29(22-38)31(40-33(44)46-35(4)11-12-35)28-20-24-8-7-15-39-30(24)32(26-10-9-25(37)21-27(26)28)42-16-18-43(19-17-42)34(45)47-36(13-14-36)23(2)3/h6-10,15,20-23,31-32H,1,11-14,16-19,38H2,2-5H3,(H,40,44)/b29-22-/t31-,32+/m1/s1. The Labute approximate surface area is 282 Å². The van der Waals surface area contributed by atoms with E-state index in [0.29, 0.717) is 42.8 Å².